The molecule has 3 fully saturated rings. The zero-order valence-electron chi connectivity index (χ0n) is 14.8. The molecule has 3 saturated heterocycles. The molecule has 0 spiro atoms. The summed E-state index contributed by atoms with van der Waals surface area (Å²) >= 11 is 7.54. The van der Waals surface area contributed by atoms with Crippen molar-refractivity contribution < 1.29 is 4.79 Å². The first-order valence-corrected chi connectivity index (χ1v) is 10.4. The lowest BCUT2D eigenvalue weighted by atomic mass is 9.79. The van der Waals surface area contributed by atoms with Gasteiger partial charge in [-0.1, -0.05) is 29.8 Å². The smallest absolute Gasteiger partial charge is 0.261 e. The molecule has 0 radical (unpaired) electrons. The van der Waals surface area contributed by atoms with Crippen molar-refractivity contribution >= 4 is 41.0 Å². The third-order valence-corrected chi connectivity index (χ3v) is 6.90. The molecule has 0 unspecified atom stereocenters. The third-order valence-electron chi connectivity index (χ3n) is 5.61. The van der Waals surface area contributed by atoms with Gasteiger partial charge < -0.3 is 5.32 Å². The fraction of sp³-hybridized carbons (Fsp3) is 0.381. The minimum absolute atomic E-state index is 0.0583. The van der Waals surface area contributed by atoms with Crippen LogP contribution < -0.4 is 5.32 Å². The molecular formula is C21H23ClN2OS. The molecule has 1 aromatic heterocycles. The van der Waals surface area contributed by atoms with E-state index in [0.717, 1.165) is 20.3 Å². The maximum atomic E-state index is 12.7. The second kappa shape index (κ2) is 7.55. The van der Waals surface area contributed by atoms with Gasteiger partial charge >= 0.3 is 0 Å². The second-order valence-electron chi connectivity index (χ2n) is 7.20. The van der Waals surface area contributed by atoms with E-state index >= 15 is 0 Å². The van der Waals surface area contributed by atoms with Gasteiger partial charge in [0.25, 0.3) is 5.91 Å². The minimum atomic E-state index is 0.0583. The first-order valence-electron chi connectivity index (χ1n) is 9.18. The Morgan fingerprint density at radius 1 is 1.23 bits per heavy atom. The molecule has 3 aliphatic heterocycles. The van der Waals surface area contributed by atoms with Crippen molar-refractivity contribution in [1.82, 2.24) is 10.2 Å². The number of benzene rings is 1. The van der Waals surface area contributed by atoms with Crippen LogP contribution in [0.25, 0.3) is 12.2 Å². The van der Waals surface area contributed by atoms with Crippen molar-refractivity contribution in [3.05, 3.63) is 56.7 Å². The number of carbonyl (C=O) groups excluding carboxylic acids is 1. The molecule has 26 heavy (non-hydrogen) atoms. The molecule has 1 N–H and O–H groups in total. The van der Waals surface area contributed by atoms with Crippen molar-refractivity contribution in [2.75, 3.05) is 13.1 Å². The second-order valence-corrected chi connectivity index (χ2v) is 8.76. The highest BCUT2D eigenvalue weighted by Gasteiger charge is 2.40. The maximum Gasteiger partial charge on any atom is 0.261 e. The average Bonchev–Trinajstić information content (AvgIpc) is 3.12. The van der Waals surface area contributed by atoms with Crippen LogP contribution in [0, 0.1) is 5.92 Å². The van der Waals surface area contributed by atoms with Crippen LogP contribution in [0.3, 0.4) is 0 Å². The monoisotopic (exact) mass is 386 g/mol. The predicted octanol–water partition coefficient (Wildman–Crippen LogP) is 4.78. The summed E-state index contributed by atoms with van der Waals surface area (Å²) in [5, 5.41) is 4.03. The van der Waals surface area contributed by atoms with Crippen molar-refractivity contribution in [3.63, 3.8) is 0 Å². The van der Waals surface area contributed by atoms with Gasteiger partial charge in [-0.05, 0) is 74.7 Å². The molecule has 2 aromatic rings. The Hall–Kier alpha value is -1.62. The van der Waals surface area contributed by atoms with E-state index in [1.54, 1.807) is 0 Å². The molecule has 0 aliphatic carbocycles. The largest absolute Gasteiger partial charge is 0.347 e. The fourth-order valence-corrected chi connectivity index (χ4v) is 5.13. The van der Waals surface area contributed by atoms with Gasteiger partial charge in [0.05, 0.1) is 4.88 Å². The maximum absolute atomic E-state index is 12.7. The highest BCUT2D eigenvalue weighted by atomic mass is 35.5. The van der Waals surface area contributed by atoms with Crippen molar-refractivity contribution in [3.8, 4) is 0 Å². The topological polar surface area (TPSA) is 32.3 Å². The zero-order valence-corrected chi connectivity index (χ0v) is 16.4. The van der Waals surface area contributed by atoms with Gasteiger partial charge in [0.1, 0.15) is 0 Å². The molecular weight excluding hydrogens is 364 g/mol. The van der Waals surface area contributed by atoms with Crippen LogP contribution in [0.2, 0.25) is 5.02 Å². The van der Waals surface area contributed by atoms with E-state index in [9.17, 15) is 4.79 Å². The zero-order chi connectivity index (χ0) is 18.1. The number of amides is 1. The highest BCUT2D eigenvalue weighted by Crippen LogP contribution is 2.32. The Morgan fingerprint density at radius 3 is 2.77 bits per heavy atom. The van der Waals surface area contributed by atoms with E-state index in [1.165, 1.54) is 37.3 Å². The number of nitrogens with one attached hydrogen (secondary N) is 1. The fourth-order valence-electron chi connectivity index (χ4n) is 4.12. The molecule has 3 aliphatic rings. The van der Waals surface area contributed by atoms with Gasteiger partial charge in [0, 0.05) is 22.0 Å². The number of halogens is 1. The molecule has 4 heterocycles. The van der Waals surface area contributed by atoms with Crippen LogP contribution >= 0.6 is 22.9 Å². The summed E-state index contributed by atoms with van der Waals surface area (Å²) in [5.41, 5.74) is 1.05. The molecule has 2 bridgehead atoms. The van der Waals surface area contributed by atoms with E-state index in [-0.39, 0.29) is 11.9 Å². The Bertz CT molecular complexity index is 821. The lowest BCUT2D eigenvalue weighted by molar-refractivity contribution is 0.0218. The number of piperidine rings is 3. The van der Waals surface area contributed by atoms with Gasteiger partial charge in [-0.15, -0.1) is 11.3 Å². The SMILES string of the molecule is C[C@H]1[C@H](NC(=O)c2ccc(/C=C/c3cccc(Cl)c3)s2)C2CCN1CC2. The Labute approximate surface area is 163 Å². The first kappa shape index (κ1) is 17.8. The van der Waals surface area contributed by atoms with E-state index in [1.807, 2.05) is 48.6 Å². The number of hydrogen-bond acceptors (Lipinski definition) is 3. The summed E-state index contributed by atoms with van der Waals surface area (Å²) in [6.45, 7) is 4.59. The Morgan fingerprint density at radius 2 is 2.04 bits per heavy atom. The summed E-state index contributed by atoms with van der Waals surface area (Å²) in [7, 11) is 0. The van der Waals surface area contributed by atoms with Crippen molar-refractivity contribution in [2.24, 2.45) is 5.92 Å². The van der Waals surface area contributed by atoms with Gasteiger partial charge in [0.2, 0.25) is 0 Å². The van der Waals surface area contributed by atoms with Crippen LogP contribution in [0.5, 0.6) is 0 Å². The van der Waals surface area contributed by atoms with Crippen LogP contribution in [-0.2, 0) is 0 Å². The van der Waals surface area contributed by atoms with E-state index in [4.69, 9.17) is 11.6 Å². The van der Waals surface area contributed by atoms with Gasteiger partial charge in [-0.25, -0.2) is 0 Å². The first-order chi connectivity index (χ1) is 12.6. The third kappa shape index (κ3) is 3.73. The Balaban J connectivity index is 1.42. The number of nitrogens with zero attached hydrogens (tertiary/aromatic N) is 1. The number of hydrogen-bond donors (Lipinski definition) is 1. The molecule has 5 rings (SSSR count). The lowest BCUT2D eigenvalue weighted by Crippen LogP contribution is -2.62. The van der Waals surface area contributed by atoms with Crippen LogP contribution in [0.15, 0.2) is 36.4 Å². The van der Waals surface area contributed by atoms with Gasteiger partial charge in [-0.3, -0.25) is 9.69 Å². The molecule has 3 nitrogen and oxygen atoms in total. The van der Waals surface area contributed by atoms with Crippen LogP contribution in [0.1, 0.15) is 39.9 Å². The molecule has 1 aromatic carbocycles. The molecule has 0 saturated carbocycles. The minimum Gasteiger partial charge on any atom is -0.347 e. The number of fused-ring (bicyclic) bond motifs is 3. The Kier molecular flexibility index (Phi) is 5.16. The van der Waals surface area contributed by atoms with Crippen LogP contribution in [0.4, 0.5) is 0 Å². The van der Waals surface area contributed by atoms with Crippen molar-refractivity contribution in [2.45, 2.75) is 31.8 Å². The average molecular weight is 387 g/mol. The quantitative estimate of drug-likeness (QED) is 0.819. The standard InChI is InChI=1S/C21H23ClN2OS/c1-14-20(16-9-11-24(14)12-10-16)23-21(25)19-8-7-18(26-19)6-5-15-3-2-4-17(22)13-15/h2-8,13-14,16,20H,9-12H2,1H3,(H,23,25)/b6-5+/t14-,20-/m0/s1. The molecule has 136 valence electrons. The summed E-state index contributed by atoms with van der Waals surface area (Å²) in [6.07, 6.45) is 6.46. The number of thiophene rings is 1. The molecule has 1 amide bonds. The van der Waals surface area contributed by atoms with Crippen molar-refractivity contribution in [1.29, 1.82) is 0 Å². The summed E-state index contributed by atoms with van der Waals surface area (Å²) < 4.78 is 0. The summed E-state index contributed by atoms with van der Waals surface area (Å²) in [4.78, 5) is 17.0. The highest BCUT2D eigenvalue weighted by molar-refractivity contribution is 7.14. The van der Waals surface area contributed by atoms with E-state index < -0.39 is 0 Å². The normalized spacial score (nSPS) is 27.8. The van der Waals surface area contributed by atoms with Crippen LogP contribution in [-0.4, -0.2) is 36.0 Å². The molecule has 2 atom stereocenters. The van der Waals surface area contributed by atoms with E-state index in [2.05, 4.69) is 17.1 Å². The number of carbonyl (C=O) groups is 1. The summed E-state index contributed by atoms with van der Waals surface area (Å²) in [6, 6.07) is 12.4. The summed E-state index contributed by atoms with van der Waals surface area (Å²) in [5.74, 6) is 0.684. The van der Waals surface area contributed by atoms with Gasteiger partial charge in [0.15, 0.2) is 0 Å². The predicted molar refractivity (Wildman–Crippen MR) is 110 cm³/mol. The molecule has 5 heteroatoms. The van der Waals surface area contributed by atoms with E-state index in [0.29, 0.717) is 12.0 Å². The lowest BCUT2D eigenvalue weighted by Gasteiger charge is -2.49. The number of rotatable bonds is 4. The van der Waals surface area contributed by atoms with Gasteiger partial charge in [-0.2, -0.15) is 0 Å².